The summed E-state index contributed by atoms with van der Waals surface area (Å²) in [7, 11) is 0. The van der Waals surface area contributed by atoms with Gasteiger partial charge in [-0.2, -0.15) is 0 Å². The molecule has 1 spiro atoms. The molecule has 0 radical (unpaired) electrons. The number of hydrogen-bond acceptors (Lipinski definition) is 2. The fraction of sp³-hybridized carbons (Fsp3) is 1.00. The topological polar surface area (TPSA) is 29.3 Å². The first-order valence-corrected chi connectivity index (χ1v) is 5.25. The van der Waals surface area contributed by atoms with E-state index in [1.54, 1.807) is 0 Å². The molecule has 2 aliphatic rings. The summed E-state index contributed by atoms with van der Waals surface area (Å²) in [5.41, 5.74) is 6.70. The van der Waals surface area contributed by atoms with Gasteiger partial charge in [0.25, 0.3) is 0 Å². The Bertz CT molecular complexity index is 161. The van der Waals surface area contributed by atoms with Gasteiger partial charge in [-0.05, 0) is 19.4 Å². The molecule has 1 saturated heterocycles. The summed E-state index contributed by atoms with van der Waals surface area (Å²) in [5, 5.41) is 0. The maximum atomic E-state index is 6.17. The van der Waals surface area contributed by atoms with Crippen LogP contribution < -0.4 is 5.73 Å². The lowest BCUT2D eigenvalue weighted by molar-refractivity contribution is -0.0392. The lowest BCUT2D eigenvalue weighted by Gasteiger charge is -2.55. The minimum atomic E-state index is 0.494. The Kier molecular flexibility index (Phi) is 2.13. The number of likely N-dealkylation sites (tertiary alicyclic amines) is 1. The van der Waals surface area contributed by atoms with Crippen LogP contribution in [0.15, 0.2) is 0 Å². The van der Waals surface area contributed by atoms with Gasteiger partial charge in [0.1, 0.15) is 0 Å². The van der Waals surface area contributed by atoms with E-state index in [4.69, 9.17) is 5.73 Å². The van der Waals surface area contributed by atoms with Gasteiger partial charge in [0, 0.05) is 24.5 Å². The van der Waals surface area contributed by atoms with Gasteiger partial charge < -0.3 is 10.6 Å². The highest BCUT2D eigenvalue weighted by atomic mass is 15.2. The van der Waals surface area contributed by atoms with Gasteiger partial charge in [0.2, 0.25) is 0 Å². The molecule has 0 amide bonds. The summed E-state index contributed by atoms with van der Waals surface area (Å²) >= 11 is 0. The molecule has 2 heteroatoms. The third-order valence-corrected chi connectivity index (χ3v) is 3.75. The Morgan fingerprint density at radius 1 is 1.42 bits per heavy atom. The second-order valence-electron chi connectivity index (χ2n) is 4.52. The molecule has 2 nitrogen and oxygen atoms in total. The Labute approximate surface area is 75.1 Å². The van der Waals surface area contributed by atoms with Crippen LogP contribution in [0.25, 0.3) is 0 Å². The van der Waals surface area contributed by atoms with Gasteiger partial charge in [0.05, 0.1) is 0 Å². The Hall–Kier alpha value is -0.0800. The molecule has 2 rings (SSSR count). The molecule has 1 aliphatic heterocycles. The van der Waals surface area contributed by atoms with Crippen LogP contribution in [0, 0.1) is 5.41 Å². The molecular weight excluding hydrogens is 148 g/mol. The van der Waals surface area contributed by atoms with E-state index < -0.39 is 0 Å². The largest absolute Gasteiger partial charge is 0.327 e. The monoisotopic (exact) mass is 168 g/mol. The van der Waals surface area contributed by atoms with Crippen molar-refractivity contribution < 1.29 is 0 Å². The molecule has 2 N–H and O–H groups in total. The predicted octanol–water partition coefficient (Wildman–Crippen LogP) is 1.21. The van der Waals surface area contributed by atoms with E-state index in [9.17, 15) is 0 Å². The van der Waals surface area contributed by atoms with Crippen molar-refractivity contribution in [1.82, 2.24) is 4.90 Å². The van der Waals surface area contributed by atoms with Crippen molar-refractivity contribution in [2.45, 2.75) is 38.6 Å². The summed E-state index contributed by atoms with van der Waals surface area (Å²) in [6, 6.07) is 0.494. The van der Waals surface area contributed by atoms with Gasteiger partial charge in [0.15, 0.2) is 0 Å². The van der Waals surface area contributed by atoms with Crippen LogP contribution in [-0.4, -0.2) is 30.6 Å². The first-order chi connectivity index (χ1) is 5.77. The van der Waals surface area contributed by atoms with Crippen molar-refractivity contribution >= 4 is 0 Å². The highest BCUT2D eigenvalue weighted by Gasteiger charge is 2.47. The summed E-state index contributed by atoms with van der Waals surface area (Å²) in [5.74, 6) is 0. The van der Waals surface area contributed by atoms with Gasteiger partial charge >= 0.3 is 0 Å². The van der Waals surface area contributed by atoms with Crippen molar-refractivity contribution in [1.29, 1.82) is 0 Å². The average Bonchev–Trinajstić information content (AvgIpc) is 2.02. The quantitative estimate of drug-likeness (QED) is 0.637. The van der Waals surface area contributed by atoms with E-state index in [0.717, 1.165) is 0 Å². The first-order valence-electron chi connectivity index (χ1n) is 5.25. The lowest BCUT2D eigenvalue weighted by atomic mass is 9.65. The molecule has 1 atom stereocenters. The highest BCUT2D eigenvalue weighted by Crippen LogP contribution is 2.42. The van der Waals surface area contributed by atoms with E-state index in [0.29, 0.717) is 11.5 Å². The highest BCUT2D eigenvalue weighted by molar-refractivity contribution is 5.02. The number of rotatable bonds is 1. The van der Waals surface area contributed by atoms with Crippen LogP contribution in [0.1, 0.15) is 32.6 Å². The minimum absolute atomic E-state index is 0.494. The van der Waals surface area contributed by atoms with E-state index in [-0.39, 0.29) is 0 Å². The van der Waals surface area contributed by atoms with Crippen LogP contribution in [0.5, 0.6) is 0 Å². The van der Waals surface area contributed by atoms with Gasteiger partial charge in [-0.3, -0.25) is 0 Å². The van der Waals surface area contributed by atoms with Crippen molar-refractivity contribution in [2.24, 2.45) is 11.1 Å². The molecule has 0 aromatic heterocycles. The summed E-state index contributed by atoms with van der Waals surface area (Å²) in [6.07, 6.45) is 5.41. The molecule has 1 saturated carbocycles. The third kappa shape index (κ3) is 1.17. The fourth-order valence-electron chi connectivity index (χ4n) is 2.79. The van der Waals surface area contributed by atoms with Crippen molar-refractivity contribution in [3.05, 3.63) is 0 Å². The Balaban J connectivity index is 1.94. The van der Waals surface area contributed by atoms with Crippen LogP contribution in [0.4, 0.5) is 0 Å². The molecule has 0 aromatic carbocycles. The molecule has 1 unspecified atom stereocenters. The lowest BCUT2D eigenvalue weighted by Crippen LogP contribution is -2.64. The average molecular weight is 168 g/mol. The molecule has 0 bridgehead atoms. The second kappa shape index (κ2) is 3.00. The zero-order valence-corrected chi connectivity index (χ0v) is 8.05. The van der Waals surface area contributed by atoms with Crippen LogP contribution >= 0.6 is 0 Å². The summed E-state index contributed by atoms with van der Waals surface area (Å²) in [6.45, 7) is 5.98. The molecular formula is C10H20N2. The summed E-state index contributed by atoms with van der Waals surface area (Å²) < 4.78 is 0. The molecule has 12 heavy (non-hydrogen) atoms. The van der Waals surface area contributed by atoms with Crippen LogP contribution in [0.2, 0.25) is 0 Å². The molecule has 0 aromatic rings. The van der Waals surface area contributed by atoms with E-state index in [1.807, 2.05) is 0 Å². The maximum absolute atomic E-state index is 6.17. The molecule has 1 aliphatic carbocycles. The van der Waals surface area contributed by atoms with E-state index in [1.165, 1.54) is 45.3 Å². The molecule has 1 heterocycles. The van der Waals surface area contributed by atoms with Gasteiger partial charge in [-0.1, -0.05) is 19.8 Å². The minimum Gasteiger partial charge on any atom is -0.327 e. The number of hydrogen-bond donors (Lipinski definition) is 1. The fourth-order valence-corrected chi connectivity index (χ4v) is 2.79. The van der Waals surface area contributed by atoms with Gasteiger partial charge in [-0.25, -0.2) is 0 Å². The van der Waals surface area contributed by atoms with E-state index >= 15 is 0 Å². The van der Waals surface area contributed by atoms with Crippen LogP contribution in [0.3, 0.4) is 0 Å². The van der Waals surface area contributed by atoms with Crippen molar-refractivity contribution in [3.8, 4) is 0 Å². The molecule has 70 valence electrons. The normalized spacial score (nSPS) is 35.0. The number of nitrogens with two attached hydrogens (primary N) is 1. The smallest absolute Gasteiger partial charge is 0.0120 e. The zero-order valence-electron chi connectivity index (χ0n) is 8.05. The Morgan fingerprint density at radius 3 is 2.75 bits per heavy atom. The van der Waals surface area contributed by atoms with Crippen molar-refractivity contribution in [3.63, 3.8) is 0 Å². The second-order valence-corrected chi connectivity index (χ2v) is 4.52. The Morgan fingerprint density at radius 2 is 2.17 bits per heavy atom. The third-order valence-electron chi connectivity index (χ3n) is 3.75. The number of nitrogens with zero attached hydrogens (tertiary/aromatic N) is 1. The summed E-state index contributed by atoms with van der Waals surface area (Å²) in [4.78, 5) is 2.51. The maximum Gasteiger partial charge on any atom is 0.0120 e. The van der Waals surface area contributed by atoms with Crippen molar-refractivity contribution in [2.75, 3.05) is 19.6 Å². The SMILES string of the molecule is CCN1CC2(CCCCC2N)C1. The molecule has 2 fully saturated rings. The van der Waals surface area contributed by atoms with Gasteiger partial charge in [-0.15, -0.1) is 0 Å². The predicted molar refractivity (Wildman–Crippen MR) is 51.0 cm³/mol. The zero-order chi connectivity index (χ0) is 8.60. The van der Waals surface area contributed by atoms with E-state index in [2.05, 4.69) is 11.8 Å². The van der Waals surface area contributed by atoms with Crippen LogP contribution in [-0.2, 0) is 0 Å². The standard InChI is InChI=1S/C10H20N2/c1-2-12-7-10(8-12)6-4-3-5-9(10)11/h9H,2-8,11H2,1H3. The first kappa shape index (κ1) is 8.52.